The Hall–Kier alpha value is -1.90. The maximum atomic E-state index is 12.3. The number of halogens is 1. The van der Waals surface area contributed by atoms with Crippen LogP contribution in [0.3, 0.4) is 0 Å². The molecule has 6 nitrogen and oxygen atoms in total. The Balaban J connectivity index is 2.15. The average Bonchev–Trinajstić information content (AvgIpc) is 2.60. The van der Waals surface area contributed by atoms with Crippen molar-refractivity contribution in [2.24, 2.45) is 0 Å². The Morgan fingerprint density at radius 3 is 2.42 bits per heavy atom. The lowest BCUT2D eigenvalue weighted by Gasteiger charge is -2.10. The van der Waals surface area contributed by atoms with Gasteiger partial charge in [-0.25, -0.2) is 13.1 Å². The van der Waals surface area contributed by atoms with Crippen molar-refractivity contribution in [3.05, 3.63) is 58.1 Å². The molecule has 0 aliphatic rings. The summed E-state index contributed by atoms with van der Waals surface area (Å²) in [4.78, 5) is 12.4. The monoisotopic (exact) mass is 412 g/mol. The Morgan fingerprint density at radius 1 is 1.17 bits per heavy atom. The zero-order valence-electron chi connectivity index (χ0n) is 13.2. The third-order valence-electron chi connectivity index (χ3n) is 3.37. The van der Waals surface area contributed by atoms with Gasteiger partial charge in [0.2, 0.25) is 10.0 Å². The summed E-state index contributed by atoms with van der Waals surface area (Å²) in [6, 6.07) is 11.6. The summed E-state index contributed by atoms with van der Waals surface area (Å²) in [5.41, 5.74) is 1.15. The maximum Gasteiger partial charge on any atom is 0.252 e. The van der Waals surface area contributed by atoms with Gasteiger partial charge in [-0.1, -0.05) is 12.1 Å². The summed E-state index contributed by atoms with van der Waals surface area (Å²) in [5, 5.41) is 2.77. The molecule has 0 aliphatic carbocycles. The molecule has 0 saturated heterocycles. The molecule has 0 saturated carbocycles. The predicted octanol–water partition coefficient (Wildman–Crippen LogP) is 2.30. The molecule has 0 unspecified atom stereocenters. The third kappa shape index (κ3) is 4.34. The molecule has 2 aromatic rings. The van der Waals surface area contributed by atoms with E-state index in [-0.39, 0.29) is 16.4 Å². The van der Waals surface area contributed by atoms with Crippen molar-refractivity contribution in [2.75, 3.05) is 14.2 Å². The largest absolute Gasteiger partial charge is 0.497 e. The third-order valence-corrected chi connectivity index (χ3v) is 5.48. The smallest absolute Gasteiger partial charge is 0.252 e. The molecule has 2 rings (SSSR count). The SMILES string of the molecule is CNS(=O)(=O)c1ccc(Br)c(C(=O)NCc2ccc(OC)cc2)c1. The fourth-order valence-electron chi connectivity index (χ4n) is 1.98. The zero-order valence-corrected chi connectivity index (χ0v) is 15.6. The van der Waals surface area contributed by atoms with E-state index in [2.05, 4.69) is 26.0 Å². The summed E-state index contributed by atoms with van der Waals surface area (Å²) in [6.45, 7) is 0.318. The van der Waals surface area contributed by atoms with E-state index in [1.54, 1.807) is 19.2 Å². The van der Waals surface area contributed by atoms with Crippen molar-refractivity contribution < 1.29 is 17.9 Å². The minimum atomic E-state index is -3.61. The lowest BCUT2D eigenvalue weighted by molar-refractivity contribution is 0.0950. The second kappa shape index (κ2) is 7.78. The highest BCUT2D eigenvalue weighted by Gasteiger charge is 2.17. The van der Waals surface area contributed by atoms with Crippen molar-refractivity contribution in [1.82, 2.24) is 10.0 Å². The molecule has 128 valence electrons. The summed E-state index contributed by atoms with van der Waals surface area (Å²) < 4.78 is 31.5. The molecule has 0 aliphatic heterocycles. The Bertz CT molecular complexity index is 836. The van der Waals surface area contributed by atoms with Gasteiger partial charge < -0.3 is 10.1 Å². The number of carbonyl (C=O) groups excluding carboxylic acids is 1. The lowest BCUT2D eigenvalue weighted by atomic mass is 10.2. The van der Waals surface area contributed by atoms with Gasteiger partial charge in [0.15, 0.2) is 0 Å². The Kier molecular flexibility index (Phi) is 5.98. The Morgan fingerprint density at radius 2 is 1.83 bits per heavy atom. The maximum absolute atomic E-state index is 12.3. The van der Waals surface area contributed by atoms with Crippen LogP contribution in [-0.2, 0) is 16.6 Å². The molecule has 8 heteroatoms. The fourth-order valence-corrected chi connectivity index (χ4v) is 3.17. The molecule has 2 aromatic carbocycles. The summed E-state index contributed by atoms with van der Waals surface area (Å²) >= 11 is 3.27. The van der Waals surface area contributed by atoms with E-state index >= 15 is 0 Å². The van der Waals surface area contributed by atoms with Crippen LogP contribution in [0.4, 0.5) is 0 Å². The predicted molar refractivity (Wildman–Crippen MR) is 94.6 cm³/mol. The van der Waals surface area contributed by atoms with Gasteiger partial charge in [-0.15, -0.1) is 0 Å². The fraction of sp³-hybridized carbons (Fsp3) is 0.188. The first-order valence-corrected chi connectivity index (χ1v) is 9.29. The molecule has 0 fully saturated rings. The van der Waals surface area contributed by atoms with Crippen molar-refractivity contribution in [2.45, 2.75) is 11.4 Å². The number of methoxy groups -OCH3 is 1. The van der Waals surface area contributed by atoms with E-state index in [1.165, 1.54) is 25.2 Å². The minimum Gasteiger partial charge on any atom is -0.497 e. The van der Waals surface area contributed by atoms with Crippen LogP contribution in [-0.4, -0.2) is 28.5 Å². The highest BCUT2D eigenvalue weighted by atomic mass is 79.9. The highest BCUT2D eigenvalue weighted by molar-refractivity contribution is 9.10. The van der Waals surface area contributed by atoms with Crippen LogP contribution >= 0.6 is 15.9 Å². The number of benzene rings is 2. The molecule has 0 heterocycles. The quantitative estimate of drug-likeness (QED) is 0.761. The molecule has 1 amide bonds. The van der Waals surface area contributed by atoms with E-state index in [4.69, 9.17) is 4.74 Å². The molecular weight excluding hydrogens is 396 g/mol. The number of carbonyl (C=O) groups is 1. The van der Waals surface area contributed by atoms with Crippen LogP contribution in [0.15, 0.2) is 51.8 Å². The first-order chi connectivity index (χ1) is 11.4. The number of hydrogen-bond acceptors (Lipinski definition) is 4. The molecule has 0 bridgehead atoms. The first-order valence-electron chi connectivity index (χ1n) is 7.01. The van der Waals surface area contributed by atoms with Crippen LogP contribution in [0.25, 0.3) is 0 Å². The first kappa shape index (κ1) is 18.4. The second-order valence-corrected chi connectivity index (χ2v) is 7.62. The van der Waals surface area contributed by atoms with E-state index in [0.717, 1.165) is 11.3 Å². The second-order valence-electron chi connectivity index (χ2n) is 4.88. The number of nitrogens with one attached hydrogen (secondary N) is 2. The van der Waals surface area contributed by atoms with E-state index in [0.29, 0.717) is 11.0 Å². The number of hydrogen-bond donors (Lipinski definition) is 2. The van der Waals surface area contributed by atoms with Gasteiger partial charge in [0.25, 0.3) is 5.91 Å². The van der Waals surface area contributed by atoms with Gasteiger partial charge in [0.1, 0.15) is 5.75 Å². The number of amides is 1. The molecule has 0 aromatic heterocycles. The number of rotatable bonds is 6. The van der Waals surface area contributed by atoms with Crippen LogP contribution in [0.2, 0.25) is 0 Å². The van der Waals surface area contributed by atoms with Crippen molar-refractivity contribution in [3.8, 4) is 5.75 Å². The van der Waals surface area contributed by atoms with Gasteiger partial charge >= 0.3 is 0 Å². The van der Waals surface area contributed by atoms with Crippen LogP contribution in [0.5, 0.6) is 5.75 Å². The standard InChI is InChI=1S/C16H17BrN2O4S/c1-18-24(21,22)13-7-8-15(17)14(9-13)16(20)19-10-11-3-5-12(23-2)6-4-11/h3-9,18H,10H2,1-2H3,(H,19,20). The van der Waals surface area contributed by atoms with Gasteiger partial charge in [0.05, 0.1) is 17.6 Å². The molecule has 0 radical (unpaired) electrons. The molecule has 0 atom stereocenters. The topological polar surface area (TPSA) is 84.5 Å². The van der Waals surface area contributed by atoms with E-state index in [9.17, 15) is 13.2 Å². The lowest BCUT2D eigenvalue weighted by Crippen LogP contribution is -2.24. The van der Waals surface area contributed by atoms with Gasteiger partial charge in [-0.05, 0) is 58.9 Å². The van der Waals surface area contributed by atoms with Crippen LogP contribution in [0.1, 0.15) is 15.9 Å². The van der Waals surface area contributed by atoms with E-state index < -0.39 is 10.0 Å². The van der Waals surface area contributed by atoms with Crippen LogP contribution < -0.4 is 14.8 Å². The average molecular weight is 413 g/mol. The summed E-state index contributed by atoms with van der Waals surface area (Å²) in [7, 11) is -0.706. The van der Waals surface area contributed by atoms with Crippen LogP contribution in [0, 0.1) is 0 Å². The van der Waals surface area contributed by atoms with E-state index in [1.807, 2.05) is 12.1 Å². The van der Waals surface area contributed by atoms with Gasteiger partial charge in [0, 0.05) is 11.0 Å². The zero-order chi connectivity index (χ0) is 17.7. The van der Waals surface area contributed by atoms with Gasteiger partial charge in [-0.3, -0.25) is 4.79 Å². The molecule has 24 heavy (non-hydrogen) atoms. The molecule has 2 N–H and O–H groups in total. The van der Waals surface area contributed by atoms with Gasteiger partial charge in [-0.2, -0.15) is 0 Å². The van der Waals surface area contributed by atoms with Crippen molar-refractivity contribution >= 4 is 31.9 Å². The van der Waals surface area contributed by atoms with Crippen molar-refractivity contribution in [3.63, 3.8) is 0 Å². The summed E-state index contributed by atoms with van der Waals surface area (Å²) in [5.74, 6) is 0.364. The normalized spacial score (nSPS) is 11.1. The molecule has 0 spiro atoms. The minimum absolute atomic E-state index is 0.0304. The molecular formula is C16H17BrN2O4S. The Labute approximate surface area is 149 Å². The summed E-state index contributed by atoms with van der Waals surface area (Å²) in [6.07, 6.45) is 0. The van der Waals surface area contributed by atoms with Crippen molar-refractivity contribution in [1.29, 1.82) is 0 Å². The highest BCUT2D eigenvalue weighted by Crippen LogP contribution is 2.21. The number of sulfonamides is 1. The number of ether oxygens (including phenoxy) is 1.